The molecule has 4 rings (SSSR count). The lowest BCUT2D eigenvalue weighted by Crippen LogP contribution is -2.41. The summed E-state index contributed by atoms with van der Waals surface area (Å²) in [5, 5.41) is 5.00. The first-order chi connectivity index (χ1) is 14.8. The second kappa shape index (κ2) is 8.24. The van der Waals surface area contributed by atoms with Crippen molar-refractivity contribution in [2.45, 2.75) is 19.4 Å². The van der Waals surface area contributed by atoms with Crippen LogP contribution in [-0.2, 0) is 11.2 Å². The SMILES string of the molecule is CC1c2c(Cl)cc(Cl)cc2CCN1C(=O)CNc1ccc2c(=O)[nH]cc(C(N)=O)c2c1. The number of anilines is 1. The number of pyridine rings is 1. The molecule has 0 saturated carbocycles. The van der Waals surface area contributed by atoms with E-state index in [1.54, 1.807) is 29.2 Å². The Morgan fingerprint density at radius 1 is 1.23 bits per heavy atom. The fraction of sp³-hybridized carbons (Fsp3) is 0.227. The van der Waals surface area contributed by atoms with Gasteiger partial charge in [-0.1, -0.05) is 23.2 Å². The molecule has 3 aromatic rings. The molecule has 1 atom stereocenters. The van der Waals surface area contributed by atoms with E-state index in [0.717, 1.165) is 11.1 Å². The summed E-state index contributed by atoms with van der Waals surface area (Å²) in [7, 11) is 0. The van der Waals surface area contributed by atoms with Gasteiger partial charge in [0.05, 0.1) is 18.2 Å². The fourth-order valence-electron chi connectivity index (χ4n) is 4.10. The van der Waals surface area contributed by atoms with E-state index >= 15 is 0 Å². The van der Waals surface area contributed by atoms with Crippen molar-refractivity contribution in [3.05, 3.63) is 73.6 Å². The Morgan fingerprint density at radius 3 is 2.74 bits per heavy atom. The van der Waals surface area contributed by atoms with Gasteiger partial charge in [0.2, 0.25) is 5.91 Å². The van der Waals surface area contributed by atoms with Crippen LogP contribution in [0.25, 0.3) is 10.8 Å². The molecule has 4 N–H and O–H groups in total. The van der Waals surface area contributed by atoms with Crippen molar-refractivity contribution < 1.29 is 9.59 Å². The Morgan fingerprint density at radius 2 is 2.00 bits per heavy atom. The van der Waals surface area contributed by atoms with Crippen LogP contribution in [-0.4, -0.2) is 34.8 Å². The van der Waals surface area contributed by atoms with Crippen molar-refractivity contribution >= 4 is 51.5 Å². The first kappa shape index (κ1) is 21.2. The number of carbonyl (C=O) groups excluding carboxylic acids is 2. The van der Waals surface area contributed by atoms with Gasteiger partial charge < -0.3 is 20.9 Å². The molecular weight excluding hydrogens is 439 g/mol. The molecule has 1 aromatic heterocycles. The zero-order valence-electron chi connectivity index (χ0n) is 16.7. The highest BCUT2D eigenvalue weighted by Crippen LogP contribution is 2.36. The molecule has 1 aliphatic rings. The summed E-state index contributed by atoms with van der Waals surface area (Å²) in [6.07, 6.45) is 1.97. The van der Waals surface area contributed by atoms with Gasteiger partial charge in [0.15, 0.2) is 0 Å². The highest BCUT2D eigenvalue weighted by atomic mass is 35.5. The predicted molar refractivity (Wildman–Crippen MR) is 122 cm³/mol. The van der Waals surface area contributed by atoms with Crippen molar-refractivity contribution in [2.75, 3.05) is 18.4 Å². The summed E-state index contributed by atoms with van der Waals surface area (Å²) in [6, 6.07) is 8.33. The average Bonchev–Trinajstić information content (AvgIpc) is 2.71. The maximum atomic E-state index is 12.9. The summed E-state index contributed by atoms with van der Waals surface area (Å²) in [6.45, 7) is 2.55. The standard InChI is InChI=1S/C22H20Cl2N4O3/c1-11-20-12(6-13(23)7-18(20)24)4-5-28(11)19(29)10-26-14-2-3-15-16(8-14)17(21(25)30)9-27-22(15)31/h2-3,6-9,11,26H,4-5,10H2,1H3,(H2,25,30)(H,27,31). The number of nitrogens with one attached hydrogen (secondary N) is 2. The Bertz CT molecular complexity index is 1270. The lowest BCUT2D eigenvalue weighted by molar-refractivity contribution is -0.131. The van der Waals surface area contributed by atoms with Crippen LogP contribution in [0.3, 0.4) is 0 Å². The van der Waals surface area contributed by atoms with Crippen molar-refractivity contribution in [3.8, 4) is 0 Å². The number of rotatable bonds is 4. The van der Waals surface area contributed by atoms with Gasteiger partial charge in [-0.15, -0.1) is 0 Å². The minimum atomic E-state index is -0.646. The zero-order valence-corrected chi connectivity index (χ0v) is 18.2. The van der Waals surface area contributed by atoms with Crippen molar-refractivity contribution in [2.24, 2.45) is 5.73 Å². The lowest BCUT2D eigenvalue weighted by Gasteiger charge is -2.36. The van der Waals surface area contributed by atoms with Gasteiger partial charge in [-0.2, -0.15) is 0 Å². The molecule has 0 aliphatic carbocycles. The number of H-pyrrole nitrogens is 1. The molecule has 1 unspecified atom stereocenters. The molecular formula is C22H20Cl2N4O3. The zero-order chi connectivity index (χ0) is 22.3. The van der Waals surface area contributed by atoms with E-state index in [2.05, 4.69) is 10.3 Å². The van der Waals surface area contributed by atoms with E-state index < -0.39 is 5.91 Å². The van der Waals surface area contributed by atoms with Crippen LogP contribution in [0.5, 0.6) is 0 Å². The topological polar surface area (TPSA) is 108 Å². The van der Waals surface area contributed by atoms with Crippen LogP contribution in [0, 0.1) is 0 Å². The highest BCUT2D eigenvalue weighted by Gasteiger charge is 2.29. The normalized spacial score (nSPS) is 15.6. The number of primary amides is 1. The third kappa shape index (κ3) is 3.98. The third-order valence-corrected chi connectivity index (χ3v) is 6.15. The Balaban J connectivity index is 1.54. The van der Waals surface area contributed by atoms with Gasteiger partial charge in [0.1, 0.15) is 0 Å². The van der Waals surface area contributed by atoms with Crippen molar-refractivity contribution in [3.63, 3.8) is 0 Å². The van der Waals surface area contributed by atoms with Crippen LogP contribution in [0.4, 0.5) is 5.69 Å². The van der Waals surface area contributed by atoms with Gasteiger partial charge in [0.25, 0.3) is 11.5 Å². The van der Waals surface area contributed by atoms with Crippen LogP contribution in [0.1, 0.15) is 34.5 Å². The third-order valence-electron chi connectivity index (χ3n) is 5.62. The van der Waals surface area contributed by atoms with Crippen molar-refractivity contribution in [1.29, 1.82) is 0 Å². The van der Waals surface area contributed by atoms with Crippen LogP contribution < -0.4 is 16.6 Å². The minimum Gasteiger partial charge on any atom is -0.376 e. The number of nitrogens with two attached hydrogens (primary N) is 1. The Hall–Kier alpha value is -3.03. The smallest absolute Gasteiger partial charge is 0.255 e. The maximum absolute atomic E-state index is 12.9. The average molecular weight is 459 g/mol. The Kier molecular flexibility index (Phi) is 5.64. The largest absolute Gasteiger partial charge is 0.376 e. The number of aromatic nitrogens is 1. The molecule has 1 aliphatic heterocycles. The summed E-state index contributed by atoms with van der Waals surface area (Å²) in [5.41, 5.74) is 7.88. The molecule has 160 valence electrons. The number of amides is 2. The van der Waals surface area contributed by atoms with Gasteiger partial charge in [-0.3, -0.25) is 14.4 Å². The summed E-state index contributed by atoms with van der Waals surface area (Å²) >= 11 is 12.5. The lowest BCUT2D eigenvalue weighted by atomic mass is 9.93. The molecule has 0 fully saturated rings. The van der Waals surface area contributed by atoms with E-state index in [9.17, 15) is 14.4 Å². The van der Waals surface area contributed by atoms with Gasteiger partial charge in [0, 0.05) is 39.2 Å². The van der Waals surface area contributed by atoms with Gasteiger partial charge >= 0.3 is 0 Å². The van der Waals surface area contributed by atoms with E-state index in [0.29, 0.717) is 39.5 Å². The molecule has 0 spiro atoms. The number of carbonyl (C=O) groups is 2. The molecule has 0 bridgehead atoms. The number of halogens is 2. The van der Waals surface area contributed by atoms with Crippen molar-refractivity contribution in [1.82, 2.24) is 9.88 Å². The number of hydrogen-bond donors (Lipinski definition) is 3. The molecule has 9 heteroatoms. The second-order valence-corrected chi connectivity index (χ2v) is 8.33. The quantitative estimate of drug-likeness (QED) is 0.555. The predicted octanol–water partition coefficient (Wildman–Crippen LogP) is 3.49. The molecule has 0 saturated heterocycles. The van der Waals surface area contributed by atoms with Gasteiger partial charge in [-0.25, -0.2) is 0 Å². The van der Waals surface area contributed by atoms with Crippen LogP contribution in [0.15, 0.2) is 41.3 Å². The summed E-state index contributed by atoms with van der Waals surface area (Å²) < 4.78 is 0. The van der Waals surface area contributed by atoms with Crippen LogP contribution in [0.2, 0.25) is 10.0 Å². The second-order valence-electron chi connectivity index (χ2n) is 7.48. The van der Waals surface area contributed by atoms with Crippen LogP contribution >= 0.6 is 23.2 Å². The molecule has 7 nitrogen and oxygen atoms in total. The van der Waals surface area contributed by atoms with E-state index in [4.69, 9.17) is 28.9 Å². The first-order valence-electron chi connectivity index (χ1n) is 9.72. The highest BCUT2D eigenvalue weighted by molar-refractivity contribution is 6.35. The number of fused-ring (bicyclic) bond motifs is 2. The van der Waals surface area contributed by atoms with E-state index in [1.807, 2.05) is 13.0 Å². The number of hydrogen-bond acceptors (Lipinski definition) is 4. The van der Waals surface area contributed by atoms with E-state index in [-0.39, 0.29) is 29.6 Å². The van der Waals surface area contributed by atoms with E-state index in [1.165, 1.54) is 6.20 Å². The minimum absolute atomic E-state index is 0.0471. The fourth-order valence-corrected chi connectivity index (χ4v) is 4.79. The Labute approximate surface area is 188 Å². The first-order valence-corrected chi connectivity index (χ1v) is 10.5. The monoisotopic (exact) mass is 458 g/mol. The number of benzene rings is 2. The number of aromatic amines is 1. The molecule has 2 aromatic carbocycles. The maximum Gasteiger partial charge on any atom is 0.255 e. The molecule has 2 heterocycles. The molecule has 0 radical (unpaired) electrons. The van der Waals surface area contributed by atoms with Gasteiger partial charge in [-0.05, 0) is 54.8 Å². The molecule has 31 heavy (non-hydrogen) atoms. The summed E-state index contributed by atoms with van der Waals surface area (Å²) in [4.78, 5) is 40.9. The molecule has 2 amide bonds. The summed E-state index contributed by atoms with van der Waals surface area (Å²) in [5.74, 6) is -0.738. The number of nitrogens with zero attached hydrogens (tertiary/aromatic N) is 1.